The average molecular weight is 314 g/mol. The Morgan fingerprint density at radius 2 is 1.87 bits per heavy atom. The van der Waals surface area contributed by atoms with Crippen molar-refractivity contribution in [3.8, 4) is 5.75 Å². The van der Waals surface area contributed by atoms with E-state index < -0.39 is 6.17 Å². The lowest BCUT2D eigenvalue weighted by molar-refractivity contribution is 0.159. The molecule has 0 saturated carbocycles. The summed E-state index contributed by atoms with van der Waals surface area (Å²) in [5, 5.41) is 6.84. The van der Waals surface area contributed by atoms with E-state index >= 15 is 0 Å². The molecule has 122 valence electrons. The number of halogens is 1. The maximum absolute atomic E-state index is 14.5. The summed E-state index contributed by atoms with van der Waals surface area (Å²) in [7, 11) is 1.66. The summed E-state index contributed by atoms with van der Waals surface area (Å²) in [6.07, 6.45) is -0.330. The molecule has 0 radical (unpaired) electrons. The minimum atomic E-state index is -0.865. The van der Waals surface area contributed by atoms with Crippen LogP contribution in [0.5, 0.6) is 5.75 Å². The molecule has 1 fully saturated rings. The second-order valence-corrected chi connectivity index (χ2v) is 5.87. The van der Waals surface area contributed by atoms with E-state index in [1.165, 1.54) is 0 Å². The minimum Gasteiger partial charge on any atom is -0.496 e. The zero-order chi connectivity index (χ0) is 16.1. The minimum absolute atomic E-state index is 0.0188. The van der Waals surface area contributed by atoms with Crippen molar-refractivity contribution < 1.29 is 9.13 Å². The van der Waals surface area contributed by atoms with E-state index in [4.69, 9.17) is 4.74 Å². The van der Waals surface area contributed by atoms with Gasteiger partial charge in [0.05, 0.1) is 19.2 Å². The summed E-state index contributed by atoms with van der Waals surface area (Å²) in [5.41, 5.74) is 2.16. The van der Waals surface area contributed by atoms with Gasteiger partial charge < -0.3 is 15.4 Å². The van der Waals surface area contributed by atoms with Gasteiger partial charge in [-0.25, -0.2) is 4.39 Å². The predicted octanol–water partition coefficient (Wildman–Crippen LogP) is 3.23. The van der Waals surface area contributed by atoms with Crippen LogP contribution in [0.1, 0.15) is 23.6 Å². The van der Waals surface area contributed by atoms with Gasteiger partial charge in [0.15, 0.2) is 0 Å². The molecule has 2 aromatic carbocycles. The summed E-state index contributed by atoms with van der Waals surface area (Å²) in [6, 6.07) is 17.6. The van der Waals surface area contributed by atoms with Crippen LogP contribution < -0.4 is 15.4 Å². The molecule has 23 heavy (non-hydrogen) atoms. The predicted molar refractivity (Wildman–Crippen MR) is 90.3 cm³/mol. The largest absolute Gasteiger partial charge is 0.496 e. The molecule has 0 spiro atoms. The van der Waals surface area contributed by atoms with Gasteiger partial charge in [0.1, 0.15) is 11.9 Å². The number of para-hydroxylation sites is 1. The quantitative estimate of drug-likeness (QED) is 0.889. The highest BCUT2D eigenvalue weighted by molar-refractivity contribution is 5.33. The molecule has 0 amide bonds. The van der Waals surface area contributed by atoms with Crippen molar-refractivity contribution in [1.29, 1.82) is 0 Å². The SMILES string of the molecule is COc1ccccc1CNC1C(F)CCNC1c1ccccc1. The monoisotopic (exact) mass is 314 g/mol. The standard InChI is InChI=1S/C19H23FN2O/c1-23-17-10-6-5-9-15(17)13-22-19-16(20)11-12-21-18(19)14-7-3-2-4-8-14/h2-10,16,18-19,21-22H,11-13H2,1H3. The van der Waals surface area contributed by atoms with E-state index in [9.17, 15) is 4.39 Å². The lowest BCUT2D eigenvalue weighted by atomic mass is 9.90. The molecule has 4 heteroatoms. The van der Waals surface area contributed by atoms with Crippen LogP contribution in [0.4, 0.5) is 4.39 Å². The van der Waals surface area contributed by atoms with Crippen LogP contribution in [0.2, 0.25) is 0 Å². The molecule has 1 heterocycles. The molecule has 2 N–H and O–H groups in total. The third-order valence-corrected chi connectivity index (χ3v) is 4.41. The van der Waals surface area contributed by atoms with Crippen LogP contribution >= 0.6 is 0 Å². The lowest BCUT2D eigenvalue weighted by Gasteiger charge is -2.36. The fraction of sp³-hybridized carbons (Fsp3) is 0.368. The van der Waals surface area contributed by atoms with Crippen molar-refractivity contribution in [1.82, 2.24) is 10.6 Å². The Morgan fingerprint density at radius 1 is 1.13 bits per heavy atom. The normalized spacial score (nSPS) is 24.3. The summed E-state index contributed by atoms with van der Waals surface area (Å²) in [4.78, 5) is 0. The Bertz CT molecular complexity index is 620. The number of ether oxygens (including phenoxy) is 1. The first-order valence-corrected chi connectivity index (χ1v) is 8.07. The number of rotatable bonds is 5. The number of hydrogen-bond acceptors (Lipinski definition) is 3. The van der Waals surface area contributed by atoms with Gasteiger partial charge in [-0.3, -0.25) is 0 Å². The van der Waals surface area contributed by atoms with Crippen molar-refractivity contribution in [3.05, 3.63) is 65.7 Å². The van der Waals surface area contributed by atoms with Crippen molar-refractivity contribution >= 4 is 0 Å². The lowest BCUT2D eigenvalue weighted by Crippen LogP contribution is -2.52. The molecular formula is C19H23FN2O. The van der Waals surface area contributed by atoms with Crippen molar-refractivity contribution in [2.24, 2.45) is 0 Å². The van der Waals surface area contributed by atoms with Crippen molar-refractivity contribution in [2.45, 2.75) is 31.2 Å². The molecule has 0 aliphatic carbocycles. The Morgan fingerprint density at radius 3 is 2.65 bits per heavy atom. The number of nitrogens with one attached hydrogen (secondary N) is 2. The van der Waals surface area contributed by atoms with Crippen LogP contribution in [0.15, 0.2) is 54.6 Å². The summed E-state index contributed by atoms with van der Waals surface area (Å²) < 4.78 is 19.9. The molecule has 3 rings (SSSR count). The smallest absolute Gasteiger partial charge is 0.123 e. The maximum Gasteiger partial charge on any atom is 0.123 e. The fourth-order valence-electron chi connectivity index (χ4n) is 3.20. The number of hydrogen-bond donors (Lipinski definition) is 2. The molecule has 1 aliphatic heterocycles. The van der Waals surface area contributed by atoms with Gasteiger partial charge in [0, 0.05) is 12.1 Å². The number of alkyl halides is 1. The van der Waals surface area contributed by atoms with E-state index in [1.54, 1.807) is 7.11 Å². The summed E-state index contributed by atoms with van der Waals surface area (Å²) in [6.45, 7) is 1.29. The number of benzene rings is 2. The average Bonchev–Trinajstić information content (AvgIpc) is 2.61. The van der Waals surface area contributed by atoms with Crippen LogP contribution in [-0.4, -0.2) is 25.9 Å². The Hall–Kier alpha value is -1.91. The highest BCUT2D eigenvalue weighted by Crippen LogP contribution is 2.27. The molecule has 0 aromatic heterocycles. The van der Waals surface area contributed by atoms with Gasteiger partial charge in [-0.2, -0.15) is 0 Å². The molecule has 1 saturated heterocycles. The van der Waals surface area contributed by atoms with Gasteiger partial charge in [-0.15, -0.1) is 0 Å². The first kappa shape index (κ1) is 16.0. The first-order valence-electron chi connectivity index (χ1n) is 8.07. The molecule has 2 aromatic rings. The van der Waals surface area contributed by atoms with Crippen LogP contribution in [0.25, 0.3) is 0 Å². The highest BCUT2D eigenvalue weighted by Gasteiger charge is 2.33. The summed E-state index contributed by atoms with van der Waals surface area (Å²) >= 11 is 0. The second kappa shape index (κ2) is 7.57. The van der Waals surface area contributed by atoms with Crippen LogP contribution in [-0.2, 0) is 6.54 Å². The van der Waals surface area contributed by atoms with Gasteiger partial charge >= 0.3 is 0 Å². The Labute approximate surface area is 136 Å². The van der Waals surface area contributed by atoms with E-state index in [0.29, 0.717) is 19.5 Å². The molecule has 0 bridgehead atoms. The Kier molecular flexibility index (Phi) is 5.26. The van der Waals surface area contributed by atoms with Gasteiger partial charge in [0.25, 0.3) is 0 Å². The van der Waals surface area contributed by atoms with Gasteiger partial charge in [-0.1, -0.05) is 48.5 Å². The molecule has 3 nitrogen and oxygen atoms in total. The third-order valence-electron chi connectivity index (χ3n) is 4.41. The van der Waals surface area contributed by atoms with E-state index in [-0.39, 0.29) is 12.1 Å². The second-order valence-electron chi connectivity index (χ2n) is 5.87. The van der Waals surface area contributed by atoms with Crippen LogP contribution in [0.3, 0.4) is 0 Å². The Balaban J connectivity index is 1.75. The topological polar surface area (TPSA) is 33.3 Å². The number of methoxy groups -OCH3 is 1. The van der Waals surface area contributed by atoms with E-state index in [0.717, 1.165) is 16.9 Å². The third kappa shape index (κ3) is 3.71. The zero-order valence-corrected chi connectivity index (χ0v) is 13.3. The summed E-state index contributed by atoms with van der Waals surface area (Å²) in [5.74, 6) is 0.829. The van der Waals surface area contributed by atoms with Gasteiger partial charge in [0.2, 0.25) is 0 Å². The zero-order valence-electron chi connectivity index (χ0n) is 13.3. The molecule has 1 aliphatic rings. The van der Waals surface area contributed by atoms with E-state index in [1.807, 2.05) is 54.6 Å². The van der Waals surface area contributed by atoms with Gasteiger partial charge in [-0.05, 0) is 24.6 Å². The highest BCUT2D eigenvalue weighted by atomic mass is 19.1. The maximum atomic E-state index is 14.5. The van der Waals surface area contributed by atoms with E-state index in [2.05, 4.69) is 10.6 Å². The van der Waals surface area contributed by atoms with Crippen molar-refractivity contribution in [2.75, 3.05) is 13.7 Å². The molecular weight excluding hydrogens is 291 g/mol. The fourth-order valence-corrected chi connectivity index (χ4v) is 3.20. The molecule has 3 unspecified atom stereocenters. The number of piperidine rings is 1. The van der Waals surface area contributed by atoms with Crippen molar-refractivity contribution in [3.63, 3.8) is 0 Å². The van der Waals surface area contributed by atoms with Crippen LogP contribution in [0, 0.1) is 0 Å². The molecule has 3 atom stereocenters. The first-order chi connectivity index (χ1) is 11.3.